The van der Waals surface area contributed by atoms with Gasteiger partial charge in [-0.3, -0.25) is 9.00 Å². The summed E-state index contributed by atoms with van der Waals surface area (Å²) in [6.45, 7) is 3.97. The highest BCUT2D eigenvalue weighted by atomic mass is 32.2. The Morgan fingerprint density at radius 2 is 1.96 bits per heavy atom. The first-order chi connectivity index (χ1) is 12.6. The number of methoxy groups -OCH3 is 1. The predicted octanol–water partition coefficient (Wildman–Crippen LogP) is 1.77. The summed E-state index contributed by atoms with van der Waals surface area (Å²) in [5.74, 6) is 1.91. The molecule has 1 amide bonds. The summed E-state index contributed by atoms with van der Waals surface area (Å²) in [7, 11) is 0.271. The van der Waals surface area contributed by atoms with Crippen LogP contribution in [0.15, 0.2) is 28.7 Å². The van der Waals surface area contributed by atoms with Gasteiger partial charge in [-0.2, -0.15) is 0 Å². The molecule has 0 unspecified atom stereocenters. The summed E-state index contributed by atoms with van der Waals surface area (Å²) in [5.41, 5.74) is 1.43. The van der Waals surface area contributed by atoms with Gasteiger partial charge in [-0.25, -0.2) is 4.98 Å². The molecule has 0 N–H and O–H groups in total. The van der Waals surface area contributed by atoms with Crippen LogP contribution in [0.2, 0.25) is 0 Å². The van der Waals surface area contributed by atoms with Crippen LogP contribution >= 0.6 is 0 Å². The lowest BCUT2D eigenvalue weighted by atomic mass is 10.2. The SMILES string of the molecule is COc1ccc(-c2nc(C[S@](=O)CC(=O)N3CCOCC3)c(C)o2)cc1. The second-order valence-corrected chi connectivity index (χ2v) is 7.43. The largest absolute Gasteiger partial charge is 0.497 e. The molecule has 0 bridgehead atoms. The number of hydrogen-bond donors (Lipinski definition) is 0. The summed E-state index contributed by atoms with van der Waals surface area (Å²) >= 11 is 0. The molecule has 1 aromatic carbocycles. The van der Waals surface area contributed by atoms with Crippen molar-refractivity contribution < 1.29 is 22.9 Å². The van der Waals surface area contributed by atoms with E-state index in [1.54, 1.807) is 18.9 Å². The molecule has 1 saturated heterocycles. The van der Waals surface area contributed by atoms with Crippen molar-refractivity contribution in [3.8, 4) is 17.2 Å². The molecule has 0 saturated carbocycles. The first kappa shape index (κ1) is 18.6. The third-order valence-corrected chi connectivity index (χ3v) is 5.34. The van der Waals surface area contributed by atoms with E-state index in [0.29, 0.717) is 43.6 Å². The standard InChI is InChI=1S/C18H22N2O5S/c1-13-16(11-26(22)12-17(21)20-7-9-24-10-8-20)19-18(25-13)14-3-5-15(23-2)6-4-14/h3-6H,7-12H2,1-2H3/t26-/m0/s1. The molecular weight excluding hydrogens is 356 g/mol. The van der Waals surface area contributed by atoms with E-state index < -0.39 is 10.8 Å². The Kier molecular flexibility index (Phi) is 6.05. The Balaban J connectivity index is 1.63. The molecule has 1 fully saturated rings. The molecule has 1 aliphatic heterocycles. The number of nitrogens with zero attached hydrogens (tertiary/aromatic N) is 2. The fourth-order valence-corrected chi connectivity index (χ4v) is 3.80. The van der Waals surface area contributed by atoms with E-state index in [1.807, 2.05) is 24.3 Å². The maximum absolute atomic E-state index is 12.4. The van der Waals surface area contributed by atoms with E-state index in [2.05, 4.69) is 4.98 Å². The molecule has 0 radical (unpaired) electrons. The fraction of sp³-hybridized carbons (Fsp3) is 0.444. The minimum atomic E-state index is -1.34. The Labute approximate surface area is 154 Å². The Morgan fingerprint density at radius 1 is 1.27 bits per heavy atom. The molecular formula is C18H22N2O5S. The molecule has 1 atom stereocenters. The van der Waals surface area contributed by atoms with Gasteiger partial charge in [-0.1, -0.05) is 0 Å². The van der Waals surface area contributed by atoms with Gasteiger partial charge in [0.1, 0.15) is 17.3 Å². The molecule has 7 nitrogen and oxygen atoms in total. The Bertz CT molecular complexity index is 781. The van der Waals surface area contributed by atoms with Crippen LogP contribution in [-0.4, -0.2) is 59.2 Å². The molecule has 26 heavy (non-hydrogen) atoms. The minimum absolute atomic E-state index is 0.00975. The number of ether oxygens (including phenoxy) is 2. The van der Waals surface area contributed by atoms with Gasteiger partial charge in [0.2, 0.25) is 11.8 Å². The Hall–Kier alpha value is -2.19. The maximum atomic E-state index is 12.4. The van der Waals surface area contributed by atoms with Gasteiger partial charge in [0.05, 0.1) is 31.8 Å². The normalized spacial score (nSPS) is 15.7. The van der Waals surface area contributed by atoms with Crippen LogP contribution in [0, 0.1) is 6.92 Å². The third kappa shape index (κ3) is 4.50. The van der Waals surface area contributed by atoms with Crippen LogP contribution in [0.1, 0.15) is 11.5 Å². The molecule has 8 heteroatoms. The van der Waals surface area contributed by atoms with E-state index in [1.165, 1.54) is 0 Å². The quantitative estimate of drug-likeness (QED) is 0.762. The third-order valence-electron chi connectivity index (χ3n) is 4.18. The van der Waals surface area contributed by atoms with Crippen LogP contribution in [-0.2, 0) is 26.1 Å². The van der Waals surface area contributed by atoms with E-state index in [4.69, 9.17) is 13.9 Å². The van der Waals surface area contributed by atoms with Crippen molar-refractivity contribution >= 4 is 16.7 Å². The zero-order valence-electron chi connectivity index (χ0n) is 14.9. The summed E-state index contributed by atoms with van der Waals surface area (Å²) in [6, 6.07) is 7.36. The monoisotopic (exact) mass is 378 g/mol. The summed E-state index contributed by atoms with van der Waals surface area (Å²) in [6.07, 6.45) is 0. The summed E-state index contributed by atoms with van der Waals surface area (Å²) in [4.78, 5) is 18.3. The van der Waals surface area contributed by atoms with Crippen molar-refractivity contribution in [2.24, 2.45) is 0 Å². The van der Waals surface area contributed by atoms with Crippen molar-refractivity contribution in [3.63, 3.8) is 0 Å². The predicted molar refractivity (Wildman–Crippen MR) is 97.3 cm³/mol. The summed E-state index contributed by atoms with van der Waals surface area (Å²) in [5, 5.41) is 0. The topological polar surface area (TPSA) is 81.9 Å². The van der Waals surface area contributed by atoms with Crippen LogP contribution in [0.3, 0.4) is 0 Å². The molecule has 0 spiro atoms. The molecule has 1 aromatic heterocycles. The van der Waals surface area contributed by atoms with Gasteiger partial charge in [-0.05, 0) is 31.2 Å². The van der Waals surface area contributed by atoms with E-state index in [-0.39, 0.29) is 17.4 Å². The van der Waals surface area contributed by atoms with Gasteiger partial charge in [0.15, 0.2) is 0 Å². The van der Waals surface area contributed by atoms with E-state index >= 15 is 0 Å². The number of rotatable bonds is 6. The molecule has 2 aromatic rings. The Morgan fingerprint density at radius 3 is 2.62 bits per heavy atom. The molecule has 0 aliphatic carbocycles. The number of carbonyl (C=O) groups is 1. The van der Waals surface area contributed by atoms with Crippen LogP contribution < -0.4 is 4.74 Å². The summed E-state index contributed by atoms with van der Waals surface area (Å²) < 4.78 is 28.4. The fourth-order valence-electron chi connectivity index (χ4n) is 2.66. The van der Waals surface area contributed by atoms with Gasteiger partial charge in [-0.15, -0.1) is 0 Å². The van der Waals surface area contributed by atoms with Crippen molar-refractivity contribution in [2.75, 3.05) is 39.2 Å². The highest BCUT2D eigenvalue weighted by Crippen LogP contribution is 2.24. The van der Waals surface area contributed by atoms with Crippen molar-refractivity contribution in [3.05, 3.63) is 35.7 Å². The molecule has 3 rings (SSSR count). The number of hydrogen-bond acceptors (Lipinski definition) is 6. The lowest BCUT2D eigenvalue weighted by Crippen LogP contribution is -2.42. The highest BCUT2D eigenvalue weighted by molar-refractivity contribution is 7.84. The number of amides is 1. The first-order valence-electron chi connectivity index (χ1n) is 8.38. The lowest BCUT2D eigenvalue weighted by Gasteiger charge is -2.26. The number of oxazole rings is 1. The van der Waals surface area contributed by atoms with Gasteiger partial charge in [0.25, 0.3) is 0 Å². The molecule has 1 aliphatic rings. The number of aromatic nitrogens is 1. The number of benzene rings is 1. The second kappa shape index (κ2) is 8.46. The van der Waals surface area contributed by atoms with E-state index in [9.17, 15) is 9.00 Å². The van der Waals surface area contributed by atoms with Crippen LogP contribution in [0.4, 0.5) is 0 Å². The number of carbonyl (C=O) groups excluding carboxylic acids is 1. The molecule has 140 valence electrons. The van der Waals surface area contributed by atoms with Crippen molar-refractivity contribution in [2.45, 2.75) is 12.7 Å². The van der Waals surface area contributed by atoms with Crippen molar-refractivity contribution in [1.82, 2.24) is 9.88 Å². The average Bonchev–Trinajstić information content (AvgIpc) is 3.02. The second-order valence-electron chi connectivity index (χ2n) is 5.97. The maximum Gasteiger partial charge on any atom is 0.235 e. The minimum Gasteiger partial charge on any atom is -0.497 e. The first-order valence-corrected chi connectivity index (χ1v) is 9.87. The number of aryl methyl sites for hydroxylation is 1. The lowest BCUT2D eigenvalue weighted by molar-refractivity contribution is -0.132. The van der Waals surface area contributed by atoms with Gasteiger partial charge in [0, 0.05) is 29.5 Å². The van der Waals surface area contributed by atoms with Gasteiger partial charge >= 0.3 is 0 Å². The highest BCUT2D eigenvalue weighted by Gasteiger charge is 2.21. The molecule has 2 heterocycles. The van der Waals surface area contributed by atoms with Crippen molar-refractivity contribution in [1.29, 1.82) is 0 Å². The average molecular weight is 378 g/mol. The zero-order valence-corrected chi connectivity index (χ0v) is 15.7. The van der Waals surface area contributed by atoms with Crippen LogP contribution in [0.5, 0.6) is 5.75 Å². The zero-order chi connectivity index (χ0) is 18.5. The van der Waals surface area contributed by atoms with Gasteiger partial charge < -0.3 is 18.8 Å². The number of morpholine rings is 1. The smallest absolute Gasteiger partial charge is 0.235 e. The van der Waals surface area contributed by atoms with E-state index in [0.717, 1.165) is 11.3 Å². The van der Waals surface area contributed by atoms with Crippen LogP contribution in [0.25, 0.3) is 11.5 Å².